The molecule has 0 fully saturated rings. The van der Waals surface area contributed by atoms with E-state index < -0.39 is 12.1 Å². The number of aliphatic hydroxyl groups excluding tert-OH is 2. The van der Waals surface area contributed by atoms with Crippen molar-refractivity contribution < 1.29 is 24.5 Å². The fourth-order valence-electron chi connectivity index (χ4n) is 8.80. The van der Waals surface area contributed by atoms with E-state index in [1.807, 2.05) is 6.08 Å². The largest absolute Gasteiger partial charge is 0.466 e. The summed E-state index contributed by atoms with van der Waals surface area (Å²) in [5, 5.41) is 23.2. The van der Waals surface area contributed by atoms with E-state index in [2.05, 4.69) is 55.6 Å². The first-order valence-electron chi connectivity index (χ1n) is 29.4. The molecule has 0 rings (SSSR count). The van der Waals surface area contributed by atoms with Gasteiger partial charge in [0.05, 0.1) is 25.4 Å². The first-order valence-corrected chi connectivity index (χ1v) is 29.4. The van der Waals surface area contributed by atoms with E-state index in [9.17, 15) is 19.8 Å². The Morgan fingerprint density at radius 3 is 1.18 bits per heavy atom. The van der Waals surface area contributed by atoms with Crippen LogP contribution in [0, 0.1) is 0 Å². The van der Waals surface area contributed by atoms with Gasteiger partial charge in [-0.05, 0) is 89.9 Å². The highest BCUT2D eigenvalue weighted by molar-refractivity contribution is 5.76. The maximum atomic E-state index is 12.5. The molecule has 3 N–H and O–H groups in total. The Hall–Kier alpha value is -2.18. The van der Waals surface area contributed by atoms with Gasteiger partial charge in [0.15, 0.2) is 0 Å². The summed E-state index contributed by atoms with van der Waals surface area (Å²) in [5.41, 5.74) is 0. The van der Waals surface area contributed by atoms with E-state index in [0.717, 1.165) is 77.0 Å². The van der Waals surface area contributed by atoms with Crippen LogP contribution in [0.5, 0.6) is 0 Å². The normalized spacial score (nSPS) is 13.0. The van der Waals surface area contributed by atoms with Crippen LogP contribution in [0.2, 0.25) is 0 Å². The number of hydrogen-bond donors (Lipinski definition) is 3. The van der Waals surface area contributed by atoms with Crippen LogP contribution < -0.4 is 5.32 Å². The van der Waals surface area contributed by atoms with Crippen molar-refractivity contribution in [3.8, 4) is 0 Å². The molecule has 0 aliphatic carbocycles. The maximum Gasteiger partial charge on any atom is 0.305 e. The van der Waals surface area contributed by atoms with Crippen LogP contribution in [0.25, 0.3) is 0 Å². The van der Waals surface area contributed by atoms with Crippen molar-refractivity contribution in [2.45, 2.75) is 315 Å². The Morgan fingerprint density at radius 1 is 0.418 bits per heavy atom. The van der Waals surface area contributed by atoms with E-state index in [-0.39, 0.29) is 18.5 Å². The SMILES string of the molecule is CCCCC/C=C\CCCCCCCC(=O)OCCCCC/C=C\C=C/CCCCCCCCCCCCC(=O)NC(CO)C(O)/C=C/CCCCCCCCCCCCCCCCCCC. The molecule has 6 heteroatoms. The summed E-state index contributed by atoms with van der Waals surface area (Å²) in [6, 6.07) is -0.637. The molecule has 0 heterocycles. The summed E-state index contributed by atoms with van der Waals surface area (Å²) >= 11 is 0. The lowest BCUT2D eigenvalue weighted by atomic mass is 10.0. The molecule has 0 radical (unpaired) electrons. The summed E-state index contributed by atoms with van der Waals surface area (Å²) in [7, 11) is 0. The molecule has 0 saturated heterocycles. The molecule has 0 aliphatic rings. The molecule has 0 aromatic carbocycles. The highest BCUT2D eigenvalue weighted by Gasteiger charge is 2.18. The minimum atomic E-state index is -0.853. The first-order chi connectivity index (χ1) is 33.0. The summed E-state index contributed by atoms with van der Waals surface area (Å²) in [5.74, 6) is -0.102. The van der Waals surface area contributed by atoms with Crippen molar-refractivity contribution in [3.63, 3.8) is 0 Å². The summed E-state index contributed by atoms with van der Waals surface area (Å²) in [6.07, 6.45) is 71.3. The number of amides is 1. The van der Waals surface area contributed by atoms with Crippen LogP contribution in [0.4, 0.5) is 0 Å². The quantitative estimate of drug-likeness (QED) is 0.0244. The average molecular weight is 941 g/mol. The topological polar surface area (TPSA) is 95.9 Å². The number of unbranched alkanes of at least 4 members (excludes halogenated alkanes) is 38. The fourth-order valence-corrected chi connectivity index (χ4v) is 8.80. The van der Waals surface area contributed by atoms with E-state index in [0.29, 0.717) is 19.4 Å². The van der Waals surface area contributed by atoms with Crippen molar-refractivity contribution in [2.75, 3.05) is 13.2 Å². The number of aliphatic hydroxyl groups is 2. The molecule has 2 unspecified atom stereocenters. The Balaban J connectivity index is 3.52. The van der Waals surface area contributed by atoms with Crippen LogP contribution in [0.3, 0.4) is 0 Å². The van der Waals surface area contributed by atoms with Crippen LogP contribution in [-0.4, -0.2) is 47.4 Å². The van der Waals surface area contributed by atoms with Gasteiger partial charge < -0.3 is 20.3 Å². The van der Waals surface area contributed by atoms with Crippen LogP contribution >= 0.6 is 0 Å². The lowest BCUT2D eigenvalue weighted by Gasteiger charge is -2.20. The van der Waals surface area contributed by atoms with Gasteiger partial charge in [-0.15, -0.1) is 0 Å². The molecule has 0 bridgehead atoms. The Kier molecular flexibility index (Phi) is 54.6. The fraction of sp³-hybridized carbons (Fsp3) is 0.836. The van der Waals surface area contributed by atoms with Crippen LogP contribution in [0.1, 0.15) is 303 Å². The molecule has 0 aromatic heterocycles. The molecule has 1 amide bonds. The molecule has 0 saturated carbocycles. The van der Waals surface area contributed by atoms with E-state index in [1.54, 1.807) is 6.08 Å². The van der Waals surface area contributed by atoms with Gasteiger partial charge in [-0.2, -0.15) is 0 Å². The third-order valence-corrected chi connectivity index (χ3v) is 13.3. The Morgan fingerprint density at radius 2 is 0.746 bits per heavy atom. The maximum absolute atomic E-state index is 12.5. The first kappa shape index (κ1) is 64.8. The number of esters is 1. The number of allylic oxidation sites excluding steroid dienone is 7. The van der Waals surface area contributed by atoms with Gasteiger partial charge >= 0.3 is 5.97 Å². The van der Waals surface area contributed by atoms with Crippen molar-refractivity contribution in [2.24, 2.45) is 0 Å². The summed E-state index contributed by atoms with van der Waals surface area (Å²) in [6.45, 7) is 4.84. The number of hydrogen-bond acceptors (Lipinski definition) is 5. The Labute approximate surface area is 416 Å². The minimum Gasteiger partial charge on any atom is -0.466 e. The van der Waals surface area contributed by atoms with E-state index >= 15 is 0 Å². The molecule has 67 heavy (non-hydrogen) atoms. The molecular formula is C61H113NO5. The summed E-state index contributed by atoms with van der Waals surface area (Å²) < 4.78 is 5.43. The van der Waals surface area contributed by atoms with Gasteiger partial charge in [-0.25, -0.2) is 0 Å². The third kappa shape index (κ3) is 53.0. The smallest absolute Gasteiger partial charge is 0.305 e. The zero-order valence-corrected chi connectivity index (χ0v) is 44.6. The van der Waals surface area contributed by atoms with Crippen molar-refractivity contribution in [1.29, 1.82) is 0 Å². The third-order valence-electron chi connectivity index (χ3n) is 13.3. The van der Waals surface area contributed by atoms with Crippen molar-refractivity contribution in [3.05, 3.63) is 48.6 Å². The number of ether oxygens (including phenoxy) is 1. The van der Waals surface area contributed by atoms with Gasteiger partial charge in [0.2, 0.25) is 5.91 Å². The molecular weight excluding hydrogens is 827 g/mol. The van der Waals surface area contributed by atoms with Gasteiger partial charge in [0.1, 0.15) is 0 Å². The second kappa shape index (κ2) is 56.4. The monoisotopic (exact) mass is 940 g/mol. The van der Waals surface area contributed by atoms with Gasteiger partial charge in [-0.1, -0.05) is 249 Å². The second-order valence-corrected chi connectivity index (χ2v) is 20.0. The highest BCUT2D eigenvalue weighted by Crippen LogP contribution is 2.16. The molecule has 2 atom stereocenters. The predicted octanol–water partition coefficient (Wildman–Crippen LogP) is 18.2. The zero-order chi connectivity index (χ0) is 48.6. The van der Waals surface area contributed by atoms with Gasteiger partial charge in [0.25, 0.3) is 0 Å². The molecule has 0 aliphatic heterocycles. The van der Waals surface area contributed by atoms with Gasteiger partial charge in [-0.3, -0.25) is 9.59 Å². The standard InChI is InChI=1S/C61H113NO5/c1-3-5-7-9-11-13-15-17-18-19-21-24-27-30-33-37-41-45-49-53-59(64)58(57-63)62-60(65)54-50-46-42-38-34-31-28-25-22-20-23-26-29-32-36-40-44-48-52-56-67-61(66)55-51-47-43-39-35-16-14-12-10-8-6-4-2/h12,14,26,29,32,36,49,53,58-59,63-64H,3-11,13,15-25,27-28,30-31,33-35,37-48,50-52,54-57H2,1-2H3,(H,62,65)/b14-12-,29-26-,36-32-,53-49+. The number of rotatable bonds is 54. The molecule has 392 valence electrons. The highest BCUT2D eigenvalue weighted by atomic mass is 16.5. The van der Waals surface area contributed by atoms with Crippen molar-refractivity contribution >= 4 is 11.9 Å². The number of nitrogens with one attached hydrogen (secondary N) is 1. The average Bonchev–Trinajstić information content (AvgIpc) is 3.33. The minimum absolute atomic E-state index is 0.0246. The van der Waals surface area contributed by atoms with Crippen LogP contribution in [0.15, 0.2) is 48.6 Å². The lowest BCUT2D eigenvalue weighted by Crippen LogP contribution is -2.45. The number of carbonyl (C=O) groups is 2. The Bertz CT molecular complexity index is 1130. The van der Waals surface area contributed by atoms with Crippen molar-refractivity contribution in [1.82, 2.24) is 5.32 Å². The summed E-state index contributed by atoms with van der Waals surface area (Å²) in [4.78, 5) is 24.5. The molecule has 6 nitrogen and oxygen atoms in total. The van der Waals surface area contributed by atoms with Gasteiger partial charge in [0, 0.05) is 12.8 Å². The number of carbonyl (C=O) groups excluding carboxylic acids is 2. The molecule has 0 aromatic rings. The predicted molar refractivity (Wildman–Crippen MR) is 292 cm³/mol. The van der Waals surface area contributed by atoms with E-state index in [1.165, 1.54) is 199 Å². The molecule has 0 spiro atoms. The lowest BCUT2D eigenvalue weighted by molar-refractivity contribution is -0.143. The second-order valence-electron chi connectivity index (χ2n) is 20.0. The van der Waals surface area contributed by atoms with Crippen LogP contribution in [-0.2, 0) is 14.3 Å². The van der Waals surface area contributed by atoms with E-state index in [4.69, 9.17) is 4.74 Å². The zero-order valence-electron chi connectivity index (χ0n) is 44.6.